The van der Waals surface area contributed by atoms with Gasteiger partial charge in [0.25, 0.3) is 5.56 Å². The number of nitrogens with one attached hydrogen (secondary N) is 1. The van der Waals surface area contributed by atoms with Crippen molar-refractivity contribution in [3.63, 3.8) is 0 Å². The van der Waals surface area contributed by atoms with E-state index in [1.54, 1.807) is 6.07 Å². The van der Waals surface area contributed by atoms with Crippen LogP contribution in [0.25, 0.3) is 10.9 Å². The fourth-order valence-electron chi connectivity index (χ4n) is 2.38. The number of esters is 1. The van der Waals surface area contributed by atoms with Crippen LogP contribution >= 0.6 is 0 Å². The van der Waals surface area contributed by atoms with Crippen LogP contribution in [0.4, 0.5) is 0 Å². The molecule has 0 aliphatic heterocycles. The fraction of sp³-hybridized carbons (Fsp3) is 0.357. The van der Waals surface area contributed by atoms with Gasteiger partial charge >= 0.3 is 5.97 Å². The fourth-order valence-corrected chi connectivity index (χ4v) is 2.38. The van der Waals surface area contributed by atoms with Gasteiger partial charge in [0.15, 0.2) is 5.56 Å². The van der Waals surface area contributed by atoms with Crippen LogP contribution in [0.3, 0.4) is 0 Å². The molecule has 6 nitrogen and oxygen atoms in total. The molecule has 0 aromatic carbocycles. The van der Waals surface area contributed by atoms with E-state index in [0.717, 1.165) is 24.2 Å². The number of aryl methyl sites for hydroxylation is 1. The van der Waals surface area contributed by atoms with Gasteiger partial charge in [-0.25, -0.2) is 4.79 Å². The summed E-state index contributed by atoms with van der Waals surface area (Å²) >= 11 is 0. The summed E-state index contributed by atoms with van der Waals surface area (Å²) in [6.45, 7) is 1.81. The van der Waals surface area contributed by atoms with E-state index in [0.29, 0.717) is 16.8 Å². The first-order valence-electron chi connectivity index (χ1n) is 6.37. The molecule has 1 aliphatic carbocycles. The van der Waals surface area contributed by atoms with E-state index in [1.807, 2.05) is 6.92 Å². The first-order chi connectivity index (χ1) is 9.52. The molecule has 0 atom stereocenters. The molecule has 0 spiro atoms. The Morgan fingerprint density at radius 3 is 2.80 bits per heavy atom. The van der Waals surface area contributed by atoms with Crippen molar-refractivity contribution in [3.8, 4) is 5.75 Å². The molecule has 2 N–H and O–H groups in total. The first-order valence-corrected chi connectivity index (χ1v) is 6.37. The van der Waals surface area contributed by atoms with Crippen LogP contribution in [0.2, 0.25) is 0 Å². The standard InChI is InChI=1S/C14H14N2O4/c1-6-5-8-11(10(15-6)7-3-4-7)16-13(18)9(12(8)17)14(19)20-2/h5,7H,3-4H2,1-2H3,(H2,16,17,18). The second kappa shape index (κ2) is 4.33. The summed E-state index contributed by atoms with van der Waals surface area (Å²) in [7, 11) is 1.17. The largest absolute Gasteiger partial charge is 0.506 e. The topological polar surface area (TPSA) is 92.3 Å². The Kier molecular flexibility index (Phi) is 2.74. The summed E-state index contributed by atoms with van der Waals surface area (Å²) in [6.07, 6.45) is 2.04. The van der Waals surface area contributed by atoms with Crippen LogP contribution in [0.5, 0.6) is 5.75 Å². The van der Waals surface area contributed by atoms with Crippen molar-refractivity contribution in [1.29, 1.82) is 0 Å². The van der Waals surface area contributed by atoms with Gasteiger partial charge in [0, 0.05) is 17.0 Å². The summed E-state index contributed by atoms with van der Waals surface area (Å²) in [5, 5.41) is 10.7. The minimum Gasteiger partial charge on any atom is -0.506 e. The summed E-state index contributed by atoms with van der Waals surface area (Å²) in [4.78, 5) is 30.7. The zero-order valence-electron chi connectivity index (χ0n) is 11.2. The van der Waals surface area contributed by atoms with Crippen molar-refractivity contribution < 1.29 is 14.6 Å². The van der Waals surface area contributed by atoms with Crippen molar-refractivity contribution >= 4 is 16.9 Å². The second-order valence-electron chi connectivity index (χ2n) is 5.02. The molecule has 2 aromatic rings. The molecule has 104 valence electrons. The predicted octanol–water partition coefficient (Wildman–Crippen LogP) is 1.60. The molecule has 0 radical (unpaired) electrons. The highest BCUT2D eigenvalue weighted by molar-refractivity contribution is 5.99. The van der Waals surface area contributed by atoms with Gasteiger partial charge in [-0.2, -0.15) is 0 Å². The van der Waals surface area contributed by atoms with Gasteiger partial charge < -0.3 is 14.8 Å². The third-order valence-corrected chi connectivity index (χ3v) is 3.49. The monoisotopic (exact) mass is 274 g/mol. The smallest absolute Gasteiger partial charge is 0.347 e. The Morgan fingerprint density at radius 2 is 2.20 bits per heavy atom. The molecule has 2 heterocycles. The lowest BCUT2D eigenvalue weighted by molar-refractivity contribution is 0.0595. The summed E-state index contributed by atoms with van der Waals surface area (Å²) in [6, 6.07) is 1.65. The average molecular weight is 274 g/mol. The lowest BCUT2D eigenvalue weighted by atomic mass is 10.1. The number of carbonyl (C=O) groups is 1. The van der Waals surface area contributed by atoms with E-state index in [2.05, 4.69) is 14.7 Å². The SMILES string of the molecule is COC(=O)c1c(O)c2cc(C)nc(C3CC3)c2[nH]c1=O. The van der Waals surface area contributed by atoms with Crippen LogP contribution in [-0.2, 0) is 4.74 Å². The number of nitrogens with zero attached hydrogens (tertiary/aromatic N) is 1. The molecule has 3 rings (SSSR count). The molecule has 0 bridgehead atoms. The van der Waals surface area contributed by atoms with E-state index < -0.39 is 11.5 Å². The molecule has 20 heavy (non-hydrogen) atoms. The zero-order chi connectivity index (χ0) is 14.4. The molecule has 2 aromatic heterocycles. The number of ether oxygens (including phenoxy) is 1. The van der Waals surface area contributed by atoms with Gasteiger partial charge in [0.05, 0.1) is 18.3 Å². The average Bonchev–Trinajstić information content (AvgIpc) is 3.23. The molecule has 1 aliphatic rings. The Morgan fingerprint density at radius 1 is 1.50 bits per heavy atom. The predicted molar refractivity (Wildman–Crippen MR) is 72.1 cm³/mol. The van der Waals surface area contributed by atoms with Gasteiger partial charge in [0.2, 0.25) is 0 Å². The number of rotatable bonds is 2. The molecule has 1 fully saturated rings. The van der Waals surface area contributed by atoms with Crippen molar-refractivity contribution in [2.45, 2.75) is 25.7 Å². The van der Waals surface area contributed by atoms with E-state index in [9.17, 15) is 14.7 Å². The minimum atomic E-state index is -0.854. The Balaban J connectivity index is 2.38. The molecule has 6 heteroatoms. The van der Waals surface area contributed by atoms with Crippen LogP contribution in [0, 0.1) is 6.92 Å². The second-order valence-corrected chi connectivity index (χ2v) is 5.02. The van der Waals surface area contributed by atoms with Crippen molar-refractivity contribution in [3.05, 3.63) is 33.4 Å². The molecule has 0 unspecified atom stereocenters. The highest BCUT2D eigenvalue weighted by Gasteiger charge is 2.29. The number of aromatic hydroxyl groups is 1. The molecule has 0 amide bonds. The van der Waals surface area contributed by atoms with Gasteiger partial charge in [0.1, 0.15) is 5.75 Å². The number of methoxy groups -OCH3 is 1. The number of hydrogen-bond donors (Lipinski definition) is 2. The number of carbonyl (C=O) groups excluding carboxylic acids is 1. The highest BCUT2D eigenvalue weighted by atomic mass is 16.5. The van der Waals surface area contributed by atoms with Crippen molar-refractivity contribution in [2.75, 3.05) is 7.11 Å². The van der Waals surface area contributed by atoms with Crippen LogP contribution < -0.4 is 5.56 Å². The van der Waals surface area contributed by atoms with E-state index in [4.69, 9.17) is 0 Å². The number of aromatic amines is 1. The van der Waals surface area contributed by atoms with Gasteiger partial charge in [-0.15, -0.1) is 0 Å². The van der Waals surface area contributed by atoms with Crippen LogP contribution in [0.1, 0.15) is 40.5 Å². The summed E-state index contributed by atoms with van der Waals surface area (Å²) in [5.74, 6) is -0.882. The number of hydrogen-bond acceptors (Lipinski definition) is 5. The van der Waals surface area contributed by atoms with Gasteiger partial charge in [-0.05, 0) is 25.8 Å². The Bertz CT molecular complexity index is 775. The van der Waals surface area contributed by atoms with Gasteiger partial charge in [-0.1, -0.05) is 0 Å². The van der Waals surface area contributed by atoms with Crippen molar-refractivity contribution in [2.24, 2.45) is 0 Å². The number of H-pyrrole nitrogens is 1. The van der Waals surface area contributed by atoms with E-state index in [-0.39, 0.29) is 11.3 Å². The molecular formula is C14H14N2O4. The van der Waals surface area contributed by atoms with Crippen LogP contribution in [0.15, 0.2) is 10.9 Å². The lowest BCUT2D eigenvalue weighted by Gasteiger charge is -2.10. The maximum atomic E-state index is 12.0. The van der Waals surface area contributed by atoms with E-state index >= 15 is 0 Å². The normalized spacial score (nSPS) is 14.5. The Hall–Kier alpha value is -2.37. The number of pyridine rings is 2. The maximum Gasteiger partial charge on any atom is 0.347 e. The quantitative estimate of drug-likeness (QED) is 0.811. The lowest BCUT2D eigenvalue weighted by Crippen LogP contribution is -2.19. The number of aromatic nitrogens is 2. The highest BCUT2D eigenvalue weighted by Crippen LogP contribution is 2.42. The summed E-state index contributed by atoms with van der Waals surface area (Å²) in [5.41, 5.74) is 0.997. The maximum absolute atomic E-state index is 12.0. The molecule has 1 saturated carbocycles. The zero-order valence-corrected chi connectivity index (χ0v) is 11.2. The van der Waals surface area contributed by atoms with Crippen LogP contribution in [-0.4, -0.2) is 28.2 Å². The van der Waals surface area contributed by atoms with Crippen molar-refractivity contribution in [1.82, 2.24) is 9.97 Å². The number of fused-ring (bicyclic) bond motifs is 1. The third-order valence-electron chi connectivity index (χ3n) is 3.49. The van der Waals surface area contributed by atoms with E-state index in [1.165, 1.54) is 7.11 Å². The summed E-state index contributed by atoms with van der Waals surface area (Å²) < 4.78 is 4.53. The molecular weight excluding hydrogens is 260 g/mol. The third kappa shape index (κ3) is 1.84. The Labute approximate surface area is 114 Å². The molecule has 0 saturated heterocycles. The minimum absolute atomic E-state index is 0.316. The van der Waals surface area contributed by atoms with Gasteiger partial charge in [-0.3, -0.25) is 9.78 Å². The first kappa shape index (κ1) is 12.7.